The molecule has 1 aliphatic heterocycles. The number of benzene rings is 1. The molecule has 0 saturated carbocycles. The van der Waals surface area contributed by atoms with E-state index >= 15 is 0 Å². The van der Waals surface area contributed by atoms with Gasteiger partial charge in [0.25, 0.3) is 0 Å². The summed E-state index contributed by atoms with van der Waals surface area (Å²) in [5.74, 6) is 0. The zero-order valence-electron chi connectivity index (χ0n) is 12.0. The van der Waals surface area contributed by atoms with Crippen molar-refractivity contribution in [2.24, 2.45) is 5.73 Å². The maximum atomic E-state index is 13.0. The molecule has 1 fully saturated rings. The molecule has 4 nitrogen and oxygen atoms in total. The van der Waals surface area contributed by atoms with Crippen molar-refractivity contribution < 1.29 is 8.42 Å². The van der Waals surface area contributed by atoms with Crippen molar-refractivity contribution in [3.05, 3.63) is 28.8 Å². The Bertz CT molecular complexity index is 651. The van der Waals surface area contributed by atoms with E-state index in [9.17, 15) is 8.42 Å². The number of halogens is 1. The highest BCUT2D eigenvalue weighted by atomic mass is 35.5. The summed E-state index contributed by atoms with van der Waals surface area (Å²) in [5, 5.41) is 0.194. The molecule has 0 radical (unpaired) electrons. The summed E-state index contributed by atoms with van der Waals surface area (Å²) < 4.78 is 27.5. The first kappa shape index (κ1) is 16.7. The summed E-state index contributed by atoms with van der Waals surface area (Å²) in [7, 11) is -3.66. The monoisotopic (exact) mass is 346 g/mol. The van der Waals surface area contributed by atoms with Crippen LogP contribution < -0.4 is 5.73 Å². The van der Waals surface area contributed by atoms with Crippen LogP contribution in [-0.4, -0.2) is 29.8 Å². The number of rotatable bonds is 3. The molecular weight excluding hydrogens is 328 g/mol. The van der Waals surface area contributed by atoms with E-state index in [-0.39, 0.29) is 27.0 Å². The van der Waals surface area contributed by atoms with Crippen molar-refractivity contribution in [2.75, 3.05) is 0 Å². The molecule has 2 N–H and O–H groups in total. The molecule has 0 amide bonds. The Morgan fingerprint density at radius 2 is 1.90 bits per heavy atom. The Balaban J connectivity index is 2.53. The molecule has 1 heterocycles. The lowest BCUT2D eigenvalue weighted by Gasteiger charge is -2.37. The van der Waals surface area contributed by atoms with Gasteiger partial charge < -0.3 is 5.73 Å². The number of hydrogen-bond donors (Lipinski definition) is 1. The van der Waals surface area contributed by atoms with Gasteiger partial charge >= 0.3 is 0 Å². The van der Waals surface area contributed by atoms with Crippen LogP contribution >= 0.6 is 23.8 Å². The Kier molecular flexibility index (Phi) is 4.92. The molecule has 1 aliphatic rings. The molecule has 116 valence electrons. The summed E-state index contributed by atoms with van der Waals surface area (Å²) >= 11 is 11.0. The normalized spacial score (nSPS) is 24.0. The smallest absolute Gasteiger partial charge is 0.245 e. The summed E-state index contributed by atoms with van der Waals surface area (Å²) in [6, 6.07) is 4.55. The van der Waals surface area contributed by atoms with Gasteiger partial charge in [-0.25, -0.2) is 8.42 Å². The molecule has 7 heteroatoms. The average Bonchev–Trinajstić information content (AvgIpc) is 2.38. The van der Waals surface area contributed by atoms with Crippen LogP contribution in [0.1, 0.15) is 38.7 Å². The highest BCUT2D eigenvalue weighted by Crippen LogP contribution is 2.33. The second kappa shape index (κ2) is 6.20. The van der Waals surface area contributed by atoms with Crippen molar-refractivity contribution >= 4 is 38.8 Å². The Morgan fingerprint density at radius 3 is 2.43 bits per heavy atom. The van der Waals surface area contributed by atoms with Crippen molar-refractivity contribution in [3.63, 3.8) is 0 Å². The standard InChI is InChI=1S/C14H19ClN2O2S2/c1-9-4-3-5-10(2)17(9)21(18,19)13-8-11(14(16)20)6-7-12(13)15/h6-10H,3-5H2,1-2H3,(H2,16,20). The van der Waals surface area contributed by atoms with Gasteiger partial charge in [0.2, 0.25) is 10.0 Å². The van der Waals surface area contributed by atoms with Gasteiger partial charge in [-0.1, -0.05) is 36.3 Å². The Morgan fingerprint density at radius 1 is 1.33 bits per heavy atom. The SMILES string of the molecule is CC1CCCC(C)N1S(=O)(=O)c1cc(C(N)=S)ccc1Cl. The maximum absolute atomic E-state index is 13.0. The molecular formula is C14H19ClN2O2S2. The zero-order valence-corrected chi connectivity index (χ0v) is 14.4. The number of piperidine rings is 1. The molecule has 0 spiro atoms. The average molecular weight is 347 g/mol. The molecule has 1 saturated heterocycles. The third kappa shape index (κ3) is 3.23. The third-order valence-corrected chi connectivity index (χ3v) is 6.73. The number of sulfonamides is 1. The second-order valence-corrected chi connectivity index (χ2v) is 8.13. The van der Waals surface area contributed by atoms with Crippen molar-refractivity contribution in [2.45, 2.75) is 50.1 Å². The zero-order chi connectivity index (χ0) is 15.8. The molecule has 1 aromatic carbocycles. The van der Waals surface area contributed by atoms with Crippen LogP contribution in [0.4, 0.5) is 0 Å². The topological polar surface area (TPSA) is 63.4 Å². The van der Waals surface area contributed by atoms with Crippen molar-refractivity contribution in [1.29, 1.82) is 0 Å². The fraction of sp³-hybridized carbons (Fsp3) is 0.500. The van der Waals surface area contributed by atoms with Crippen LogP contribution in [0.5, 0.6) is 0 Å². The summed E-state index contributed by atoms with van der Waals surface area (Å²) in [6.45, 7) is 3.86. The molecule has 21 heavy (non-hydrogen) atoms. The van der Waals surface area contributed by atoms with Crippen LogP contribution in [0.3, 0.4) is 0 Å². The van der Waals surface area contributed by atoms with Gasteiger partial charge in [-0.15, -0.1) is 0 Å². The van der Waals surface area contributed by atoms with E-state index in [0.29, 0.717) is 5.56 Å². The van der Waals surface area contributed by atoms with Gasteiger partial charge in [-0.05, 0) is 38.8 Å². The van der Waals surface area contributed by atoms with Crippen LogP contribution in [0.15, 0.2) is 23.1 Å². The number of nitrogens with two attached hydrogens (primary N) is 1. The lowest BCUT2D eigenvalue weighted by Crippen LogP contribution is -2.47. The van der Waals surface area contributed by atoms with E-state index in [1.54, 1.807) is 10.4 Å². The fourth-order valence-electron chi connectivity index (χ4n) is 2.84. The first-order chi connectivity index (χ1) is 9.75. The van der Waals surface area contributed by atoms with E-state index in [1.807, 2.05) is 13.8 Å². The van der Waals surface area contributed by atoms with Gasteiger partial charge in [0, 0.05) is 17.6 Å². The van der Waals surface area contributed by atoms with Crippen molar-refractivity contribution in [1.82, 2.24) is 4.31 Å². The Hall–Kier alpha value is -0.690. The second-order valence-electron chi connectivity index (χ2n) is 5.47. The van der Waals surface area contributed by atoms with Gasteiger partial charge in [0.1, 0.15) is 9.88 Å². The lowest BCUT2D eigenvalue weighted by atomic mass is 10.0. The van der Waals surface area contributed by atoms with Gasteiger partial charge in [0.05, 0.1) is 5.02 Å². The van der Waals surface area contributed by atoms with Crippen LogP contribution in [0.2, 0.25) is 5.02 Å². The van der Waals surface area contributed by atoms with Gasteiger partial charge in [0.15, 0.2) is 0 Å². The molecule has 0 aliphatic carbocycles. The van der Waals surface area contributed by atoms with Gasteiger partial charge in [-0.3, -0.25) is 0 Å². The van der Waals surface area contributed by atoms with E-state index in [2.05, 4.69) is 0 Å². The lowest BCUT2D eigenvalue weighted by molar-refractivity contribution is 0.204. The summed E-state index contributed by atoms with van der Waals surface area (Å²) in [5.41, 5.74) is 6.09. The Labute approximate surface area is 136 Å². The minimum absolute atomic E-state index is 0.0386. The van der Waals surface area contributed by atoms with Crippen LogP contribution in [0.25, 0.3) is 0 Å². The maximum Gasteiger partial charge on any atom is 0.245 e. The first-order valence-corrected chi connectivity index (χ1v) is 9.10. The molecule has 0 bridgehead atoms. The third-order valence-electron chi connectivity index (χ3n) is 3.88. The molecule has 2 atom stereocenters. The molecule has 0 aromatic heterocycles. The molecule has 2 unspecified atom stereocenters. The highest BCUT2D eigenvalue weighted by Gasteiger charge is 2.36. The quantitative estimate of drug-likeness (QED) is 0.855. The highest BCUT2D eigenvalue weighted by molar-refractivity contribution is 7.89. The van der Waals surface area contributed by atoms with E-state index < -0.39 is 10.0 Å². The van der Waals surface area contributed by atoms with Crippen LogP contribution in [-0.2, 0) is 10.0 Å². The predicted molar refractivity (Wildman–Crippen MR) is 89.1 cm³/mol. The first-order valence-electron chi connectivity index (χ1n) is 6.88. The number of thiocarbonyl (C=S) groups is 1. The van der Waals surface area contributed by atoms with E-state index in [1.165, 1.54) is 12.1 Å². The summed E-state index contributed by atoms with van der Waals surface area (Å²) in [6.07, 6.45) is 2.75. The largest absolute Gasteiger partial charge is 0.389 e. The number of hydrogen-bond acceptors (Lipinski definition) is 3. The van der Waals surface area contributed by atoms with Crippen LogP contribution in [0, 0.1) is 0 Å². The minimum atomic E-state index is -3.66. The van der Waals surface area contributed by atoms with E-state index in [4.69, 9.17) is 29.6 Å². The fourth-order valence-corrected chi connectivity index (χ4v) is 5.35. The summed E-state index contributed by atoms with van der Waals surface area (Å²) in [4.78, 5) is 0.234. The molecule has 1 aromatic rings. The van der Waals surface area contributed by atoms with Crippen molar-refractivity contribution in [3.8, 4) is 0 Å². The molecule has 2 rings (SSSR count). The van der Waals surface area contributed by atoms with Gasteiger partial charge in [-0.2, -0.15) is 4.31 Å². The predicted octanol–water partition coefficient (Wildman–Crippen LogP) is 2.93. The minimum Gasteiger partial charge on any atom is -0.389 e. The number of nitrogens with zero attached hydrogens (tertiary/aromatic N) is 1. The van der Waals surface area contributed by atoms with E-state index in [0.717, 1.165) is 19.3 Å².